The lowest BCUT2D eigenvalue weighted by atomic mass is 9.75. The predicted octanol–water partition coefficient (Wildman–Crippen LogP) is 6.09. The fraction of sp³-hybridized carbons (Fsp3) is 0.647. The van der Waals surface area contributed by atoms with Gasteiger partial charge in [-0.1, -0.05) is 80.4 Å². The Kier molecular flexibility index (Phi) is 4.89. The van der Waals surface area contributed by atoms with E-state index in [0.29, 0.717) is 5.41 Å². The van der Waals surface area contributed by atoms with E-state index in [2.05, 4.69) is 54.0 Å². The van der Waals surface area contributed by atoms with E-state index in [4.69, 9.17) is 0 Å². The van der Waals surface area contributed by atoms with Crippen molar-refractivity contribution >= 4 is 15.9 Å². The standard InChI is InChI=1S/C17H25Br/c1-17(2,15-10-7-11-16(18)12-15)13-14-8-5-3-4-6-9-14/h7,10-12,14H,3-6,8-9,13H2,1-2H3. The lowest BCUT2D eigenvalue weighted by Crippen LogP contribution is -2.21. The van der Waals surface area contributed by atoms with E-state index < -0.39 is 0 Å². The first-order chi connectivity index (χ1) is 8.58. The van der Waals surface area contributed by atoms with Gasteiger partial charge < -0.3 is 0 Å². The minimum atomic E-state index is 0.304. The van der Waals surface area contributed by atoms with Gasteiger partial charge in [0.05, 0.1) is 0 Å². The van der Waals surface area contributed by atoms with Crippen LogP contribution in [0.25, 0.3) is 0 Å². The first-order valence-corrected chi connectivity index (χ1v) is 8.13. The Morgan fingerprint density at radius 2 is 1.78 bits per heavy atom. The van der Waals surface area contributed by atoms with Gasteiger partial charge in [-0.2, -0.15) is 0 Å². The Hall–Kier alpha value is -0.300. The van der Waals surface area contributed by atoms with Crippen LogP contribution in [0.15, 0.2) is 28.7 Å². The molecule has 2 rings (SSSR count). The van der Waals surface area contributed by atoms with E-state index in [1.54, 1.807) is 0 Å². The average Bonchev–Trinajstić information content (AvgIpc) is 2.57. The molecule has 1 aromatic carbocycles. The van der Waals surface area contributed by atoms with Crippen LogP contribution >= 0.6 is 15.9 Å². The molecule has 0 bridgehead atoms. The molecule has 1 aliphatic carbocycles. The molecule has 1 aliphatic rings. The summed E-state index contributed by atoms with van der Waals surface area (Å²) >= 11 is 3.59. The zero-order valence-electron chi connectivity index (χ0n) is 11.7. The summed E-state index contributed by atoms with van der Waals surface area (Å²) in [5.41, 5.74) is 1.78. The van der Waals surface area contributed by atoms with Crippen LogP contribution in [0, 0.1) is 5.92 Å². The molecule has 100 valence electrons. The van der Waals surface area contributed by atoms with Crippen molar-refractivity contribution in [3.63, 3.8) is 0 Å². The van der Waals surface area contributed by atoms with Gasteiger partial charge in [-0.3, -0.25) is 0 Å². The molecule has 0 N–H and O–H groups in total. The molecule has 0 amide bonds. The third-order valence-electron chi connectivity index (χ3n) is 4.38. The highest BCUT2D eigenvalue weighted by Gasteiger charge is 2.25. The Balaban J connectivity index is 2.05. The molecule has 0 aromatic heterocycles. The van der Waals surface area contributed by atoms with Crippen molar-refractivity contribution < 1.29 is 0 Å². The molecular weight excluding hydrogens is 284 g/mol. The fourth-order valence-electron chi connectivity index (χ4n) is 3.32. The molecular formula is C17H25Br. The van der Waals surface area contributed by atoms with Crippen LogP contribution in [0.1, 0.15) is 64.4 Å². The maximum absolute atomic E-state index is 3.59. The lowest BCUT2D eigenvalue weighted by Gasteiger charge is -2.30. The molecule has 0 heterocycles. The summed E-state index contributed by atoms with van der Waals surface area (Å²) in [6, 6.07) is 8.84. The minimum Gasteiger partial charge on any atom is -0.0609 e. The molecule has 1 aromatic rings. The zero-order chi connectivity index (χ0) is 13.0. The van der Waals surface area contributed by atoms with Crippen molar-refractivity contribution in [1.29, 1.82) is 0 Å². The maximum Gasteiger partial charge on any atom is 0.0178 e. The molecule has 0 aliphatic heterocycles. The highest BCUT2D eigenvalue weighted by molar-refractivity contribution is 9.10. The van der Waals surface area contributed by atoms with Crippen molar-refractivity contribution in [2.75, 3.05) is 0 Å². The molecule has 0 nitrogen and oxygen atoms in total. The first kappa shape index (κ1) is 14.1. The molecule has 1 fully saturated rings. The number of hydrogen-bond acceptors (Lipinski definition) is 0. The van der Waals surface area contributed by atoms with E-state index in [-0.39, 0.29) is 0 Å². The van der Waals surface area contributed by atoms with Gasteiger partial charge in [0.2, 0.25) is 0 Å². The van der Waals surface area contributed by atoms with Crippen LogP contribution in [0.2, 0.25) is 0 Å². The molecule has 0 radical (unpaired) electrons. The van der Waals surface area contributed by atoms with Crippen molar-refractivity contribution in [2.45, 2.75) is 64.2 Å². The molecule has 0 saturated heterocycles. The zero-order valence-corrected chi connectivity index (χ0v) is 13.3. The normalized spacial score (nSPS) is 18.6. The molecule has 1 saturated carbocycles. The van der Waals surface area contributed by atoms with Crippen molar-refractivity contribution in [3.05, 3.63) is 34.3 Å². The summed E-state index contributed by atoms with van der Waals surface area (Å²) in [6.45, 7) is 4.80. The van der Waals surface area contributed by atoms with Crippen LogP contribution in [-0.2, 0) is 5.41 Å². The Morgan fingerprint density at radius 1 is 1.11 bits per heavy atom. The van der Waals surface area contributed by atoms with Crippen molar-refractivity contribution in [2.24, 2.45) is 5.92 Å². The van der Waals surface area contributed by atoms with E-state index in [1.807, 2.05) is 0 Å². The molecule has 0 unspecified atom stereocenters. The first-order valence-electron chi connectivity index (χ1n) is 7.34. The number of rotatable bonds is 3. The topological polar surface area (TPSA) is 0 Å². The minimum absolute atomic E-state index is 0.304. The summed E-state index contributed by atoms with van der Waals surface area (Å²) in [5, 5.41) is 0. The smallest absolute Gasteiger partial charge is 0.0178 e. The van der Waals surface area contributed by atoms with E-state index in [9.17, 15) is 0 Å². The van der Waals surface area contributed by atoms with E-state index in [0.717, 1.165) is 5.92 Å². The largest absolute Gasteiger partial charge is 0.0609 e. The van der Waals surface area contributed by atoms with Crippen molar-refractivity contribution in [3.8, 4) is 0 Å². The van der Waals surface area contributed by atoms with Gasteiger partial charge in [0, 0.05) is 4.47 Å². The third-order valence-corrected chi connectivity index (χ3v) is 4.87. The van der Waals surface area contributed by atoms with Gasteiger partial charge in [-0.15, -0.1) is 0 Å². The van der Waals surface area contributed by atoms with Crippen LogP contribution in [0.4, 0.5) is 0 Å². The lowest BCUT2D eigenvalue weighted by molar-refractivity contribution is 0.329. The average molecular weight is 309 g/mol. The van der Waals surface area contributed by atoms with Gasteiger partial charge in [-0.25, -0.2) is 0 Å². The number of hydrogen-bond donors (Lipinski definition) is 0. The van der Waals surface area contributed by atoms with Crippen LogP contribution in [-0.4, -0.2) is 0 Å². The predicted molar refractivity (Wildman–Crippen MR) is 83.0 cm³/mol. The Bertz CT molecular complexity index is 373. The summed E-state index contributed by atoms with van der Waals surface area (Å²) < 4.78 is 1.20. The van der Waals surface area contributed by atoms with E-state index in [1.165, 1.54) is 55.0 Å². The molecule has 18 heavy (non-hydrogen) atoms. The third kappa shape index (κ3) is 3.85. The summed E-state index contributed by atoms with van der Waals surface area (Å²) in [4.78, 5) is 0. The maximum atomic E-state index is 3.59. The second kappa shape index (κ2) is 6.23. The molecule has 0 atom stereocenters. The number of benzene rings is 1. The second-order valence-electron chi connectivity index (χ2n) is 6.46. The van der Waals surface area contributed by atoms with Crippen LogP contribution < -0.4 is 0 Å². The van der Waals surface area contributed by atoms with Gasteiger partial charge in [0.1, 0.15) is 0 Å². The SMILES string of the molecule is CC(C)(CC1CCCCCC1)c1cccc(Br)c1. The summed E-state index contributed by atoms with van der Waals surface area (Å²) in [5.74, 6) is 0.932. The highest BCUT2D eigenvalue weighted by atomic mass is 79.9. The highest BCUT2D eigenvalue weighted by Crippen LogP contribution is 2.36. The quantitative estimate of drug-likeness (QED) is 0.593. The van der Waals surface area contributed by atoms with Crippen molar-refractivity contribution in [1.82, 2.24) is 0 Å². The summed E-state index contributed by atoms with van der Waals surface area (Å²) in [6.07, 6.45) is 10.0. The van der Waals surface area contributed by atoms with Gasteiger partial charge in [0.15, 0.2) is 0 Å². The Morgan fingerprint density at radius 3 is 2.39 bits per heavy atom. The second-order valence-corrected chi connectivity index (χ2v) is 7.37. The fourth-order valence-corrected chi connectivity index (χ4v) is 3.72. The Labute approximate surface area is 120 Å². The summed E-state index contributed by atoms with van der Waals surface area (Å²) in [7, 11) is 0. The monoisotopic (exact) mass is 308 g/mol. The van der Waals surface area contributed by atoms with Gasteiger partial charge in [-0.05, 0) is 35.4 Å². The van der Waals surface area contributed by atoms with Gasteiger partial charge in [0.25, 0.3) is 0 Å². The van der Waals surface area contributed by atoms with Crippen LogP contribution in [0.3, 0.4) is 0 Å². The molecule has 1 heteroatoms. The van der Waals surface area contributed by atoms with E-state index >= 15 is 0 Å². The van der Waals surface area contributed by atoms with Gasteiger partial charge >= 0.3 is 0 Å². The molecule has 0 spiro atoms. The number of halogens is 1. The van der Waals surface area contributed by atoms with Crippen LogP contribution in [0.5, 0.6) is 0 Å².